The molecule has 0 bridgehead atoms. The average molecular weight is 502 g/mol. The van der Waals surface area contributed by atoms with Gasteiger partial charge >= 0.3 is 5.97 Å². The van der Waals surface area contributed by atoms with E-state index in [4.69, 9.17) is 10.00 Å². The Bertz CT molecular complexity index is 1240. The molecule has 4 N–H and O–H groups in total. The molecule has 1 aromatic heterocycles. The zero-order valence-corrected chi connectivity index (χ0v) is 21.0. The normalized spacial score (nSPS) is 14.3. The fourth-order valence-corrected chi connectivity index (χ4v) is 4.05. The number of rotatable bonds is 10. The van der Waals surface area contributed by atoms with Gasteiger partial charge in [0.15, 0.2) is 0 Å². The number of piperazine rings is 1. The molecular formula is C26H31N9O2. The quantitative estimate of drug-likeness (QED) is 0.304. The fourth-order valence-electron chi connectivity index (χ4n) is 4.05. The predicted molar refractivity (Wildman–Crippen MR) is 142 cm³/mol. The second-order valence-corrected chi connectivity index (χ2v) is 8.64. The zero-order valence-electron chi connectivity index (χ0n) is 21.0. The van der Waals surface area contributed by atoms with Crippen molar-refractivity contribution in [3.8, 4) is 6.07 Å². The fraction of sp³-hybridized carbons (Fsp3) is 0.346. The van der Waals surface area contributed by atoms with E-state index in [1.807, 2.05) is 24.3 Å². The molecule has 1 fully saturated rings. The first-order valence-corrected chi connectivity index (χ1v) is 12.1. The summed E-state index contributed by atoms with van der Waals surface area (Å²) < 4.78 is 5.00. The van der Waals surface area contributed by atoms with Crippen molar-refractivity contribution in [3.63, 3.8) is 0 Å². The van der Waals surface area contributed by atoms with E-state index in [1.54, 1.807) is 19.2 Å². The van der Waals surface area contributed by atoms with Gasteiger partial charge in [0.05, 0.1) is 18.7 Å². The first kappa shape index (κ1) is 25.8. The second kappa shape index (κ2) is 12.6. The third kappa shape index (κ3) is 7.36. The van der Waals surface area contributed by atoms with Crippen molar-refractivity contribution in [1.82, 2.24) is 25.2 Å². The maximum atomic E-state index is 12.5. The number of carbonyl (C=O) groups excluding carboxylic acids is 1. The zero-order chi connectivity index (χ0) is 26.0. The molecule has 11 heteroatoms. The number of anilines is 4. The van der Waals surface area contributed by atoms with Crippen LogP contribution in [0.25, 0.3) is 0 Å². The smallest absolute Gasteiger partial charge is 0.328 e. The van der Waals surface area contributed by atoms with E-state index in [1.165, 1.54) is 12.7 Å². The molecule has 2 aromatic carbocycles. The molecule has 1 aliphatic rings. The van der Waals surface area contributed by atoms with Gasteiger partial charge in [0.1, 0.15) is 6.04 Å². The molecule has 0 spiro atoms. The molecule has 0 saturated carbocycles. The van der Waals surface area contributed by atoms with Crippen LogP contribution in [-0.2, 0) is 22.5 Å². The number of ether oxygens (including phenoxy) is 1. The maximum Gasteiger partial charge on any atom is 0.328 e. The largest absolute Gasteiger partial charge is 0.467 e. The maximum absolute atomic E-state index is 12.5. The Morgan fingerprint density at radius 3 is 2.51 bits per heavy atom. The average Bonchev–Trinajstić information content (AvgIpc) is 2.93. The number of carbonyl (C=O) groups is 1. The summed E-state index contributed by atoms with van der Waals surface area (Å²) in [5.41, 5.74) is 3.47. The number of nitriles is 1. The summed E-state index contributed by atoms with van der Waals surface area (Å²) in [6.07, 6.45) is 0.329. The van der Waals surface area contributed by atoms with Gasteiger partial charge in [0.25, 0.3) is 0 Å². The number of hydrogen-bond donors (Lipinski definition) is 4. The van der Waals surface area contributed by atoms with Crippen LogP contribution in [0.2, 0.25) is 0 Å². The lowest BCUT2D eigenvalue weighted by molar-refractivity contribution is -0.141. The minimum atomic E-state index is -0.736. The molecule has 1 aliphatic heterocycles. The summed E-state index contributed by atoms with van der Waals surface area (Å²) in [6, 6.07) is 16.5. The van der Waals surface area contributed by atoms with E-state index in [2.05, 4.69) is 59.3 Å². The van der Waals surface area contributed by atoms with Gasteiger partial charge in [-0.05, 0) is 35.4 Å². The first-order valence-electron chi connectivity index (χ1n) is 12.1. The number of hydrogen-bond acceptors (Lipinski definition) is 11. The van der Waals surface area contributed by atoms with Crippen LogP contribution in [0.15, 0.2) is 48.5 Å². The monoisotopic (exact) mass is 501 g/mol. The van der Waals surface area contributed by atoms with E-state index in [-0.39, 0.29) is 5.95 Å². The number of methoxy groups -OCH3 is 1. The lowest BCUT2D eigenvalue weighted by Crippen LogP contribution is -2.42. The number of esters is 1. The van der Waals surface area contributed by atoms with Crippen LogP contribution in [-0.4, -0.2) is 72.2 Å². The molecule has 0 unspecified atom stereocenters. The standard InChI is InChI=1S/C26H31N9O2/c1-28-24-32-25(30-21-5-3-4-20(14-21)17-35-12-10-29-11-13-35)34-26(33-24)31-22(23(36)37-2)15-18-6-8-19(16-27)9-7-18/h3-9,14,22,29H,10-13,15,17H2,1-2H3,(H3,28,30,31,32,33,34)/t22-/m0/s1. The van der Waals surface area contributed by atoms with E-state index >= 15 is 0 Å². The molecule has 0 amide bonds. The minimum absolute atomic E-state index is 0.225. The molecular weight excluding hydrogens is 470 g/mol. The number of benzene rings is 2. The summed E-state index contributed by atoms with van der Waals surface area (Å²) >= 11 is 0. The van der Waals surface area contributed by atoms with Crippen molar-refractivity contribution in [2.24, 2.45) is 0 Å². The van der Waals surface area contributed by atoms with Gasteiger partial charge < -0.3 is 26.0 Å². The highest BCUT2D eigenvalue weighted by Gasteiger charge is 2.22. The van der Waals surface area contributed by atoms with Crippen LogP contribution in [0.4, 0.5) is 23.5 Å². The van der Waals surface area contributed by atoms with E-state index in [0.717, 1.165) is 44.0 Å². The Balaban J connectivity index is 1.50. The number of aromatic nitrogens is 3. The minimum Gasteiger partial charge on any atom is -0.467 e. The van der Waals surface area contributed by atoms with Gasteiger partial charge in [-0.15, -0.1) is 0 Å². The molecule has 1 saturated heterocycles. The van der Waals surface area contributed by atoms with Crippen molar-refractivity contribution in [2.45, 2.75) is 19.0 Å². The molecule has 4 rings (SSSR count). The van der Waals surface area contributed by atoms with Crippen molar-refractivity contribution in [1.29, 1.82) is 5.26 Å². The summed E-state index contributed by atoms with van der Waals surface area (Å²) in [5, 5.41) is 21.7. The second-order valence-electron chi connectivity index (χ2n) is 8.64. The Kier molecular flexibility index (Phi) is 8.80. The molecule has 2 heterocycles. The van der Waals surface area contributed by atoms with Gasteiger partial charge in [0.2, 0.25) is 17.8 Å². The highest BCUT2D eigenvalue weighted by molar-refractivity contribution is 5.79. The van der Waals surface area contributed by atoms with Crippen molar-refractivity contribution >= 4 is 29.5 Å². The molecule has 37 heavy (non-hydrogen) atoms. The highest BCUT2D eigenvalue weighted by Crippen LogP contribution is 2.19. The van der Waals surface area contributed by atoms with Crippen molar-refractivity contribution in [3.05, 3.63) is 65.2 Å². The van der Waals surface area contributed by atoms with Gasteiger partial charge in [-0.25, -0.2) is 4.79 Å². The van der Waals surface area contributed by atoms with Crippen molar-refractivity contribution in [2.75, 3.05) is 56.3 Å². The summed E-state index contributed by atoms with van der Waals surface area (Å²) in [6.45, 7) is 4.93. The Hall–Kier alpha value is -4.27. The number of nitrogens with zero attached hydrogens (tertiary/aromatic N) is 5. The number of nitrogens with one attached hydrogen (secondary N) is 4. The van der Waals surface area contributed by atoms with E-state index in [9.17, 15) is 4.79 Å². The van der Waals surface area contributed by atoms with Crippen molar-refractivity contribution < 1.29 is 9.53 Å². The third-order valence-electron chi connectivity index (χ3n) is 5.97. The Morgan fingerprint density at radius 2 is 1.81 bits per heavy atom. The first-order chi connectivity index (χ1) is 18.1. The lowest BCUT2D eigenvalue weighted by atomic mass is 10.0. The summed E-state index contributed by atoms with van der Waals surface area (Å²) in [4.78, 5) is 28.2. The van der Waals surface area contributed by atoms with Crippen LogP contribution < -0.4 is 21.3 Å². The Labute approximate surface area is 216 Å². The van der Waals surface area contributed by atoms with Gasteiger partial charge in [0, 0.05) is 51.9 Å². The summed E-state index contributed by atoms with van der Waals surface area (Å²) in [7, 11) is 3.05. The van der Waals surface area contributed by atoms with Crippen LogP contribution in [0.3, 0.4) is 0 Å². The van der Waals surface area contributed by atoms with Gasteiger partial charge in [-0.3, -0.25) is 4.90 Å². The van der Waals surface area contributed by atoms with Crippen LogP contribution in [0, 0.1) is 11.3 Å². The van der Waals surface area contributed by atoms with E-state index in [0.29, 0.717) is 23.9 Å². The van der Waals surface area contributed by atoms with Crippen LogP contribution >= 0.6 is 0 Å². The topological polar surface area (TPSA) is 140 Å². The molecule has 0 radical (unpaired) electrons. The summed E-state index contributed by atoms with van der Waals surface area (Å²) in [5.74, 6) is 0.455. The highest BCUT2D eigenvalue weighted by atomic mass is 16.5. The van der Waals surface area contributed by atoms with Gasteiger partial charge in [-0.1, -0.05) is 24.3 Å². The molecule has 192 valence electrons. The SMILES string of the molecule is CNc1nc(Nc2cccc(CN3CCNCC3)c2)nc(N[C@@H](Cc2ccc(C#N)cc2)C(=O)OC)n1. The molecule has 1 atom stereocenters. The predicted octanol–water partition coefficient (Wildman–Crippen LogP) is 2.13. The van der Waals surface area contributed by atoms with E-state index < -0.39 is 12.0 Å². The molecule has 0 aliphatic carbocycles. The van der Waals surface area contributed by atoms with Gasteiger partial charge in [-0.2, -0.15) is 20.2 Å². The Morgan fingerprint density at radius 1 is 1.08 bits per heavy atom. The van der Waals surface area contributed by atoms with Crippen LogP contribution in [0.1, 0.15) is 16.7 Å². The lowest BCUT2D eigenvalue weighted by Gasteiger charge is -2.27. The molecule has 11 nitrogen and oxygen atoms in total. The van der Waals surface area contributed by atoms with Crippen LogP contribution in [0.5, 0.6) is 0 Å². The third-order valence-corrected chi connectivity index (χ3v) is 5.97. The molecule has 3 aromatic rings.